The second-order valence-electron chi connectivity index (χ2n) is 4.89. The van der Waals surface area contributed by atoms with E-state index in [1.165, 1.54) is 43.5 Å². The van der Waals surface area contributed by atoms with Gasteiger partial charge in [-0.05, 0) is 37.3 Å². The maximum atomic E-state index is 12.6. The lowest BCUT2D eigenvalue weighted by molar-refractivity contribution is 0.0526. The van der Waals surface area contributed by atoms with E-state index in [4.69, 9.17) is 4.74 Å². The predicted molar refractivity (Wildman–Crippen MR) is 91.0 cm³/mol. The normalized spacial score (nSPS) is 10.8. The van der Waals surface area contributed by atoms with E-state index in [1.54, 1.807) is 19.1 Å². The van der Waals surface area contributed by atoms with Gasteiger partial charge < -0.3 is 9.47 Å². The number of hydrogen-bond donors (Lipinski definition) is 1. The van der Waals surface area contributed by atoms with Crippen molar-refractivity contribution in [2.24, 2.45) is 0 Å². The minimum absolute atomic E-state index is 0.0874. The number of hydrogen-bond acceptors (Lipinski definition) is 6. The number of carbonyl (C=O) groups excluding carboxylic acids is 2. The molecule has 0 aliphatic rings. The summed E-state index contributed by atoms with van der Waals surface area (Å²) < 4.78 is 37.0. The monoisotopic (exact) mass is 363 g/mol. The van der Waals surface area contributed by atoms with Crippen LogP contribution in [-0.2, 0) is 19.5 Å². The van der Waals surface area contributed by atoms with Gasteiger partial charge in [-0.3, -0.25) is 4.72 Å². The zero-order chi connectivity index (χ0) is 18.4. The number of para-hydroxylation sites is 1. The molecule has 0 saturated carbocycles. The van der Waals surface area contributed by atoms with E-state index in [-0.39, 0.29) is 28.3 Å². The van der Waals surface area contributed by atoms with Gasteiger partial charge in [0.1, 0.15) is 0 Å². The van der Waals surface area contributed by atoms with E-state index in [0.717, 1.165) is 0 Å². The Labute approximate surface area is 145 Å². The lowest BCUT2D eigenvalue weighted by Gasteiger charge is -2.12. The van der Waals surface area contributed by atoms with Crippen LogP contribution in [0.25, 0.3) is 0 Å². The van der Waals surface area contributed by atoms with Crippen LogP contribution in [0.1, 0.15) is 27.6 Å². The second kappa shape index (κ2) is 7.80. The van der Waals surface area contributed by atoms with Gasteiger partial charge in [0.05, 0.1) is 35.4 Å². The number of esters is 2. The van der Waals surface area contributed by atoms with Gasteiger partial charge in [-0.25, -0.2) is 18.0 Å². The van der Waals surface area contributed by atoms with Crippen molar-refractivity contribution in [1.82, 2.24) is 0 Å². The Morgan fingerprint density at radius 3 is 2.44 bits per heavy atom. The summed E-state index contributed by atoms with van der Waals surface area (Å²) in [5.74, 6) is -1.28. The van der Waals surface area contributed by atoms with Crippen molar-refractivity contribution in [3.8, 4) is 0 Å². The molecule has 0 amide bonds. The highest BCUT2D eigenvalue weighted by atomic mass is 32.2. The number of carbonyl (C=O) groups is 2. The van der Waals surface area contributed by atoms with Crippen LogP contribution in [0, 0.1) is 0 Å². The van der Waals surface area contributed by atoms with Gasteiger partial charge in [0.15, 0.2) is 0 Å². The summed E-state index contributed by atoms with van der Waals surface area (Å²) in [5.41, 5.74) is 0.283. The lowest BCUT2D eigenvalue weighted by Crippen LogP contribution is -2.17. The third kappa shape index (κ3) is 4.36. The van der Waals surface area contributed by atoms with Crippen LogP contribution in [0.15, 0.2) is 53.4 Å². The van der Waals surface area contributed by atoms with Gasteiger partial charge in [0, 0.05) is 0 Å². The summed E-state index contributed by atoms with van der Waals surface area (Å²) >= 11 is 0. The molecule has 8 heteroatoms. The Bertz CT molecular complexity index is 892. The first-order valence-corrected chi connectivity index (χ1v) is 8.84. The van der Waals surface area contributed by atoms with Crippen LogP contribution in [0.2, 0.25) is 0 Å². The number of methoxy groups -OCH3 is 1. The zero-order valence-corrected chi connectivity index (χ0v) is 14.5. The number of sulfonamides is 1. The maximum absolute atomic E-state index is 12.6. The summed E-state index contributed by atoms with van der Waals surface area (Å²) in [6.45, 7) is 1.82. The molecule has 1 N–H and O–H groups in total. The van der Waals surface area contributed by atoms with Crippen LogP contribution < -0.4 is 4.72 Å². The maximum Gasteiger partial charge on any atom is 0.340 e. The molecule has 2 rings (SSSR count). The SMILES string of the molecule is CCOC(=O)c1ccccc1NS(=O)(=O)c1cccc(C(=O)OC)c1. The fraction of sp³-hybridized carbons (Fsp3) is 0.176. The summed E-state index contributed by atoms with van der Waals surface area (Å²) in [6.07, 6.45) is 0. The average Bonchev–Trinajstić information content (AvgIpc) is 2.61. The quantitative estimate of drug-likeness (QED) is 0.792. The van der Waals surface area contributed by atoms with Gasteiger partial charge in [0.2, 0.25) is 0 Å². The van der Waals surface area contributed by atoms with Gasteiger partial charge in [-0.1, -0.05) is 18.2 Å². The van der Waals surface area contributed by atoms with Gasteiger partial charge in [-0.15, -0.1) is 0 Å². The molecule has 0 spiro atoms. The molecule has 2 aromatic carbocycles. The number of anilines is 1. The fourth-order valence-corrected chi connectivity index (χ4v) is 3.20. The Kier molecular flexibility index (Phi) is 5.76. The highest BCUT2D eigenvalue weighted by molar-refractivity contribution is 7.92. The first kappa shape index (κ1) is 18.5. The molecule has 0 saturated heterocycles. The van der Waals surface area contributed by atoms with Crippen LogP contribution in [0.5, 0.6) is 0 Å². The number of rotatable bonds is 6. The molecule has 0 atom stereocenters. The largest absolute Gasteiger partial charge is 0.465 e. The van der Waals surface area contributed by atoms with E-state index in [9.17, 15) is 18.0 Å². The first-order valence-electron chi connectivity index (χ1n) is 7.36. The Hall–Kier alpha value is -2.87. The van der Waals surface area contributed by atoms with E-state index in [1.807, 2.05) is 0 Å². The van der Waals surface area contributed by atoms with Crippen molar-refractivity contribution in [3.63, 3.8) is 0 Å². The van der Waals surface area contributed by atoms with Crippen molar-refractivity contribution in [3.05, 3.63) is 59.7 Å². The predicted octanol–water partition coefficient (Wildman–Crippen LogP) is 2.45. The fourth-order valence-electron chi connectivity index (χ4n) is 2.07. The molecule has 0 aliphatic carbocycles. The highest BCUT2D eigenvalue weighted by Gasteiger charge is 2.20. The molecule has 0 radical (unpaired) electrons. The summed E-state index contributed by atoms with van der Waals surface area (Å²) in [5, 5.41) is 0. The van der Waals surface area contributed by atoms with Crippen molar-refractivity contribution in [2.75, 3.05) is 18.4 Å². The molecule has 25 heavy (non-hydrogen) atoms. The minimum Gasteiger partial charge on any atom is -0.465 e. The van der Waals surface area contributed by atoms with Crippen molar-refractivity contribution in [2.45, 2.75) is 11.8 Å². The Morgan fingerprint density at radius 2 is 1.76 bits per heavy atom. The van der Waals surface area contributed by atoms with Crippen LogP contribution in [0.4, 0.5) is 5.69 Å². The molecule has 7 nitrogen and oxygen atoms in total. The lowest BCUT2D eigenvalue weighted by atomic mass is 10.2. The van der Waals surface area contributed by atoms with Crippen LogP contribution in [-0.4, -0.2) is 34.1 Å². The highest BCUT2D eigenvalue weighted by Crippen LogP contribution is 2.21. The van der Waals surface area contributed by atoms with Crippen molar-refractivity contribution in [1.29, 1.82) is 0 Å². The van der Waals surface area contributed by atoms with E-state index < -0.39 is 22.0 Å². The zero-order valence-electron chi connectivity index (χ0n) is 13.7. The summed E-state index contributed by atoms with van der Waals surface area (Å²) in [4.78, 5) is 23.4. The molecule has 0 aromatic heterocycles. The molecule has 0 fully saturated rings. The average molecular weight is 363 g/mol. The van der Waals surface area contributed by atoms with E-state index in [0.29, 0.717) is 0 Å². The summed E-state index contributed by atoms with van der Waals surface area (Å²) in [7, 11) is -2.81. The molecule has 0 aliphatic heterocycles. The third-order valence-electron chi connectivity index (χ3n) is 3.23. The Morgan fingerprint density at radius 1 is 1.04 bits per heavy atom. The molecule has 2 aromatic rings. The molecular weight excluding hydrogens is 346 g/mol. The molecule has 0 unspecified atom stereocenters. The molecule has 0 heterocycles. The summed E-state index contributed by atoms with van der Waals surface area (Å²) in [6, 6.07) is 11.5. The Balaban J connectivity index is 2.37. The van der Waals surface area contributed by atoms with Gasteiger partial charge in [-0.2, -0.15) is 0 Å². The van der Waals surface area contributed by atoms with Gasteiger partial charge in [0.25, 0.3) is 10.0 Å². The molecule has 132 valence electrons. The third-order valence-corrected chi connectivity index (χ3v) is 4.60. The molecular formula is C17H17NO6S. The molecule has 0 bridgehead atoms. The standard InChI is InChI=1S/C17H17NO6S/c1-3-24-17(20)14-9-4-5-10-15(14)18-25(21,22)13-8-6-7-12(11-13)16(19)23-2/h4-11,18H,3H2,1-2H3. The first-order chi connectivity index (χ1) is 11.9. The van der Waals surface area contributed by atoms with Crippen molar-refractivity contribution >= 4 is 27.6 Å². The number of ether oxygens (including phenoxy) is 2. The van der Waals surface area contributed by atoms with Crippen LogP contribution in [0.3, 0.4) is 0 Å². The van der Waals surface area contributed by atoms with Crippen molar-refractivity contribution < 1.29 is 27.5 Å². The number of benzene rings is 2. The smallest absolute Gasteiger partial charge is 0.340 e. The topological polar surface area (TPSA) is 98.8 Å². The second-order valence-corrected chi connectivity index (χ2v) is 6.57. The van der Waals surface area contributed by atoms with Gasteiger partial charge >= 0.3 is 11.9 Å². The van der Waals surface area contributed by atoms with E-state index >= 15 is 0 Å². The number of nitrogens with one attached hydrogen (secondary N) is 1. The minimum atomic E-state index is -4.01. The van der Waals surface area contributed by atoms with Crippen LogP contribution >= 0.6 is 0 Å². The van der Waals surface area contributed by atoms with E-state index in [2.05, 4.69) is 9.46 Å².